The first-order chi connectivity index (χ1) is 21.9. The standard InChI is InChI=1S/C32H36N4O6S4/c1-5-43-31-33-23(19-25(35-31)44(37,38)6-2)29-27(21-15-11-9-12-16-21)30(28(29)22-17-13-10-14-18-22)24-20-26(45(39,40)7-3)36-32(34-24)46(41,42)8-4/h9-20,27-30H,5-8H2,1-4H3/t27-,28-,29?,30?/m1/s1. The summed E-state index contributed by atoms with van der Waals surface area (Å²) in [7, 11) is -11.6. The van der Waals surface area contributed by atoms with Gasteiger partial charge < -0.3 is 0 Å². The fourth-order valence-corrected chi connectivity index (χ4v) is 9.01. The van der Waals surface area contributed by atoms with E-state index in [0.29, 0.717) is 16.6 Å². The Labute approximate surface area is 275 Å². The second-order valence-electron chi connectivity index (χ2n) is 10.9. The van der Waals surface area contributed by atoms with Crippen LogP contribution < -0.4 is 0 Å². The van der Waals surface area contributed by atoms with Crippen molar-refractivity contribution in [3.8, 4) is 0 Å². The maximum atomic E-state index is 13.1. The second-order valence-corrected chi connectivity index (χ2v) is 18.7. The molecule has 0 saturated heterocycles. The van der Waals surface area contributed by atoms with Crippen molar-refractivity contribution in [1.29, 1.82) is 0 Å². The van der Waals surface area contributed by atoms with Gasteiger partial charge in [0.1, 0.15) is 0 Å². The molecule has 0 amide bonds. The molecule has 1 aliphatic rings. The molecule has 1 fully saturated rings. The van der Waals surface area contributed by atoms with Crippen LogP contribution in [0.4, 0.5) is 0 Å². The molecule has 2 aromatic heterocycles. The van der Waals surface area contributed by atoms with Crippen molar-refractivity contribution in [3.05, 3.63) is 95.3 Å². The van der Waals surface area contributed by atoms with E-state index in [4.69, 9.17) is 4.98 Å². The fourth-order valence-electron chi connectivity index (χ4n) is 5.92. The van der Waals surface area contributed by atoms with Gasteiger partial charge in [0.15, 0.2) is 34.9 Å². The van der Waals surface area contributed by atoms with Crippen LogP contribution in [0.5, 0.6) is 0 Å². The van der Waals surface area contributed by atoms with Gasteiger partial charge in [0.05, 0.1) is 28.6 Å². The highest BCUT2D eigenvalue weighted by atomic mass is 32.2. The second kappa shape index (κ2) is 13.5. The number of rotatable bonds is 12. The number of benzene rings is 2. The maximum Gasteiger partial charge on any atom is 0.248 e. The van der Waals surface area contributed by atoms with Crippen LogP contribution in [0.15, 0.2) is 93.2 Å². The van der Waals surface area contributed by atoms with Gasteiger partial charge in [0.25, 0.3) is 0 Å². The molecule has 1 saturated carbocycles. The highest BCUT2D eigenvalue weighted by molar-refractivity contribution is 7.99. The van der Waals surface area contributed by atoms with E-state index in [2.05, 4.69) is 15.0 Å². The van der Waals surface area contributed by atoms with Crippen LogP contribution >= 0.6 is 11.8 Å². The first-order valence-corrected chi connectivity index (χ1v) is 21.0. The van der Waals surface area contributed by atoms with Crippen LogP contribution in [-0.4, -0.2) is 68.2 Å². The lowest BCUT2D eigenvalue weighted by molar-refractivity contribution is 0.217. The minimum Gasteiger partial charge on any atom is -0.227 e. The van der Waals surface area contributed by atoms with Crippen LogP contribution in [0, 0.1) is 0 Å². The van der Waals surface area contributed by atoms with Crippen molar-refractivity contribution in [2.24, 2.45) is 0 Å². The Bertz CT molecular complexity index is 1940. The minimum absolute atomic E-state index is 0.0484. The van der Waals surface area contributed by atoms with Crippen molar-refractivity contribution >= 4 is 41.3 Å². The molecule has 14 heteroatoms. The lowest BCUT2D eigenvalue weighted by atomic mass is 9.50. The third-order valence-electron chi connectivity index (χ3n) is 8.33. The van der Waals surface area contributed by atoms with Gasteiger partial charge in [0, 0.05) is 23.7 Å². The normalized spacial score (nSPS) is 20.3. The monoisotopic (exact) mass is 700 g/mol. The van der Waals surface area contributed by atoms with Crippen molar-refractivity contribution in [2.75, 3.05) is 23.0 Å². The Balaban J connectivity index is 1.82. The maximum absolute atomic E-state index is 13.1. The zero-order valence-corrected chi connectivity index (χ0v) is 29.2. The van der Waals surface area contributed by atoms with E-state index >= 15 is 0 Å². The topological polar surface area (TPSA) is 154 Å². The van der Waals surface area contributed by atoms with Crippen molar-refractivity contribution < 1.29 is 25.3 Å². The van der Waals surface area contributed by atoms with Gasteiger partial charge in [-0.1, -0.05) is 100 Å². The van der Waals surface area contributed by atoms with Crippen LogP contribution in [0.3, 0.4) is 0 Å². The molecule has 0 unspecified atom stereocenters. The lowest BCUT2D eigenvalue weighted by Crippen LogP contribution is -2.41. The Kier molecular flexibility index (Phi) is 10.0. The molecule has 46 heavy (non-hydrogen) atoms. The summed E-state index contributed by atoms with van der Waals surface area (Å²) >= 11 is 1.35. The fraction of sp³-hybridized carbons (Fsp3) is 0.375. The Hall–Kier alpha value is -3.20. The average Bonchev–Trinajstić information content (AvgIpc) is 3.05. The molecule has 0 N–H and O–H groups in total. The first kappa shape index (κ1) is 34.1. The molecule has 2 heterocycles. The number of nitrogens with zero attached hydrogens (tertiary/aromatic N) is 4. The van der Waals surface area contributed by atoms with Crippen molar-refractivity contribution in [3.63, 3.8) is 0 Å². The van der Waals surface area contributed by atoms with Crippen LogP contribution in [0.1, 0.15) is 73.9 Å². The Morgan fingerprint density at radius 1 is 0.543 bits per heavy atom. The van der Waals surface area contributed by atoms with E-state index in [0.717, 1.165) is 11.1 Å². The number of aromatic nitrogens is 4. The summed E-state index contributed by atoms with van der Waals surface area (Å²) in [5.41, 5.74) is 2.61. The molecule has 0 radical (unpaired) electrons. The van der Waals surface area contributed by atoms with Gasteiger partial charge in [-0.25, -0.2) is 45.2 Å². The molecular formula is C32H36N4O6S4. The van der Waals surface area contributed by atoms with Gasteiger partial charge in [0.2, 0.25) is 15.0 Å². The molecular weight excluding hydrogens is 665 g/mol. The Morgan fingerprint density at radius 2 is 0.978 bits per heavy atom. The van der Waals surface area contributed by atoms with Gasteiger partial charge in [-0.15, -0.1) is 0 Å². The summed E-state index contributed by atoms with van der Waals surface area (Å²) < 4.78 is 78.7. The van der Waals surface area contributed by atoms with Gasteiger partial charge in [-0.2, -0.15) is 0 Å². The van der Waals surface area contributed by atoms with Crippen LogP contribution in [0.25, 0.3) is 0 Å². The molecule has 2 aromatic carbocycles. The summed E-state index contributed by atoms with van der Waals surface area (Å²) in [6.45, 7) is 6.45. The highest BCUT2D eigenvalue weighted by Gasteiger charge is 2.55. The zero-order valence-electron chi connectivity index (χ0n) is 25.9. The number of sulfone groups is 3. The highest BCUT2D eigenvalue weighted by Crippen LogP contribution is 2.66. The summed E-state index contributed by atoms with van der Waals surface area (Å²) in [5.74, 6) is -1.68. The van der Waals surface area contributed by atoms with E-state index in [1.165, 1.54) is 31.7 Å². The molecule has 2 atom stereocenters. The van der Waals surface area contributed by atoms with Crippen LogP contribution in [0.2, 0.25) is 0 Å². The smallest absolute Gasteiger partial charge is 0.227 e. The van der Waals surface area contributed by atoms with E-state index < -0.39 is 40.6 Å². The average molecular weight is 701 g/mol. The van der Waals surface area contributed by atoms with Gasteiger partial charge >= 0.3 is 0 Å². The number of hydrogen-bond donors (Lipinski definition) is 0. The molecule has 0 bridgehead atoms. The molecule has 10 nitrogen and oxygen atoms in total. The van der Waals surface area contributed by atoms with E-state index in [-0.39, 0.29) is 50.8 Å². The largest absolute Gasteiger partial charge is 0.248 e. The summed E-state index contributed by atoms with van der Waals surface area (Å²) in [5, 5.41) is -0.563. The predicted molar refractivity (Wildman–Crippen MR) is 177 cm³/mol. The quantitative estimate of drug-likeness (QED) is 0.109. The third kappa shape index (κ3) is 6.62. The summed E-state index contributed by atoms with van der Waals surface area (Å²) in [4.78, 5) is 17.8. The zero-order chi connectivity index (χ0) is 33.3. The molecule has 0 spiro atoms. The molecule has 5 rings (SSSR count). The molecule has 0 aliphatic heterocycles. The van der Waals surface area contributed by atoms with Crippen LogP contribution in [-0.2, 0) is 29.5 Å². The van der Waals surface area contributed by atoms with E-state index in [1.807, 2.05) is 67.6 Å². The summed E-state index contributed by atoms with van der Waals surface area (Å²) in [6, 6.07) is 22.1. The molecule has 244 valence electrons. The number of thioether (sulfide) groups is 1. The minimum atomic E-state index is -3.97. The molecule has 1 aliphatic carbocycles. The SMILES string of the molecule is CCSc1nc(C2[C@@H](c3ccccc3)C(c3cc(S(=O)(=O)CC)nc(S(=O)(=O)CC)n3)[C@@H]2c2ccccc2)cc(S(=O)(=O)CC)n1. The predicted octanol–water partition coefficient (Wildman–Crippen LogP) is 5.21. The third-order valence-corrected chi connectivity index (χ3v) is 13.8. The van der Waals surface area contributed by atoms with Crippen molar-refractivity contribution in [1.82, 2.24) is 19.9 Å². The number of hydrogen-bond acceptors (Lipinski definition) is 11. The lowest BCUT2D eigenvalue weighted by Gasteiger charge is -2.52. The van der Waals surface area contributed by atoms with Crippen molar-refractivity contribution in [2.45, 2.75) is 71.7 Å². The van der Waals surface area contributed by atoms with Gasteiger partial charge in [-0.3, -0.25) is 0 Å². The van der Waals surface area contributed by atoms with Gasteiger partial charge in [-0.05, 0) is 29.0 Å². The van der Waals surface area contributed by atoms with E-state index in [1.54, 1.807) is 13.0 Å². The molecule has 4 aromatic rings. The Morgan fingerprint density at radius 3 is 1.41 bits per heavy atom. The first-order valence-electron chi connectivity index (χ1n) is 15.1. The van der Waals surface area contributed by atoms with E-state index in [9.17, 15) is 25.3 Å². The summed E-state index contributed by atoms with van der Waals surface area (Å²) in [6.07, 6.45) is 0.